The minimum Gasteiger partial charge on any atom is -0.493 e. The number of nitrogens with one attached hydrogen (secondary N) is 1. The zero-order valence-corrected chi connectivity index (χ0v) is 11.6. The molecule has 6 heteroatoms. The van der Waals surface area contributed by atoms with Crippen LogP contribution in [0.1, 0.15) is 30.1 Å². The third kappa shape index (κ3) is 5.27. The predicted molar refractivity (Wildman–Crippen MR) is 74.3 cm³/mol. The van der Waals surface area contributed by atoms with E-state index in [1.165, 1.54) is 0 Å². The number of para-hydroxylation sites is 1. The smallest absolute Gasteiger partial charge is 0.305 e. The first-order valence-corrected chi connectivity index (χ1v) is 6.54. The van der Waals surface area contributed by atoms with Gasteiger partial charge in [0, 0.05) is 6.42 Å². The van der Waals surface area contributed by atoms with Crippen molar-refractivity contribution >= 4 is 11.9 Å². The van der Waals surface area contributed by atoms with Crippen molar-refractivity contribution in [1.82, 2.24) is 5.32 Å². The van der Waals surface area contributed by atoms with Gasteiger partial charge < -0.3 is 20.5 Å². The van der Waals surface area contributed by atoms with Crippen molar-refractivity contribution in [3.05, 3.63) is 29.8 Å². The molecule has 1 aromatic rings. The summed E-state index contributed by atoms with van der Waals surface area (Å²) < 4.78 is 10.3. The van der Waals surface area contributed by atoms with Gasteiger partial charge >= 0.3 is 5.97 Å². The Kier molecular flexibility index (Phi) is 7.13. The Morgan fingerprint density at radius 2 is 2.05 bits per heavy atom. The topological polar surface area (TPSA) is 90.6 Å². The van der Waals surface area contributed by atoms with Crippen LogP contribution in [0.5, 0.6) is 5.75 Å². The molecule has 0 spiro atoms. The maximum Gasteiger partial charge on any atom is 0.305 e. The molecular formula is C14H20N2O4. The van der Waals surface area contributed by atoms with E-state index in [-0.39, 0.29) is 18.5 Å². The quantitative estimate of drug-likeness (QED) is 0.422. The van der Waals surface area contributed by atoms with Crippen LogP contribution in [0.25, 0.3) is 0 Å². The highest BCUT2D eigenvalue weighted by Crippen LogP contribution is 2.18. The highest BCUT2D eigenvalue weighted by Gasteiger charge is 2.11. The average molecular weight is 280 g/mol. The lowest BCUT2D eigenvalue weighted by atomic mass is 10.2. The summed E-state index contributed by atoms with van der Waals surface area (Å²) in [5, 5.41) is 2.51. The van der Waals surface area contributed by atoms with Crippen LogP contribution >= 0.6 is 0 Å². The van der Waals surface area contributed by atoms with E-state index in [1.807, 2.05) is 0 Å². The highest BCUT2D eigenvalue weighted by atomic mass is 16.5. The summed E-state index contributed by atoms with van der Waals surface area (Å²) in [6.07, 6.45) is 0.830. The number of ether oxygens (including phenoxy) is 2. The number of amides is 1. The summed E-state index contributed by atoms with van der Waals surface area (Å²) in [7, 11) is 0. The van der Waals surface area contributed by atoms with Gasteiger partial charge in [0.25, 0.3) is 5.91 Å². The highest BCUT2D eigenvalue weighted by molar-refractivity contribution is 5.96. The van der Waals surface area contributed by atoms with E-state index in [2.05, 4.69) is 5.32 Å². The van der Waals surface area contributed by atoms with E-state index < -0.39 is 0 Å². The van der Waals surface area contributed by atoms with Crippen LogP contribution in [-0.2, 0) is 9.53 Å². The first-order chi connectivity index (χ1) is 9.69. The van der Waals surface area contributed by atoms with Gasteiger partial charge in [0.15, 0.2) is 0 Å². The zero-order valence-electron chi connectivity index (χ0n) is 11.6. The Labute approximate surface area is 118 Å². The Hall–Kier alpha value is -2.08. The third-order valence-corrected chi connectivity index (χ3v) is 2.48. The predicted octanol–water partition coefficient (Wildman–Crippen LogP) is 1.05. The molecule has 0 aromatic heterocycles. The van der Waals surface area contributed by atoms with Crippen molar-refractivity contribution in [3.8, 4) is 5.75 Å². The fraction of sp³-hybridized carbons (Fsp3) is 0.429. The minimum atomic E-state index is -0.284. The lowest BCUT2D eigenvalue weighted by Gasteiger charge is -2.10. The molecule has 110 valence electrons. The van der Waals surface area contributed by atoms with E-state index in [4.69, 9.17) is 15.2 Å². The summed E-state index contributed by atoms with van der Waals surface area (Å²) in [5.74, 6) is -0.0546. The summed E-state index contributed by atoms with van der Waals surface area (Å²) >= 11 is 0. The number of esters is 1. The van der Waals surface area contributed by atoms with Gasteiger partial charge in [-0.3, -0.25) is 9.59 Å². The van der Waals surface area contributed by atoms with Crippen LogP contribution in [0, 0.1) is 0 Å². The van der Waals surface area contributed by atoms with E-state index in [0.717, 1.165) is 0 Å². The number of benzene rings is 1. The number of carbonyl (C=O) groups excluding carboxylic acids is 2. The van der Waals surface area contributed by atoms with Gasteiger partial charge in [-0.1, -0.05) is 12.1 Å². The van der Waals surface area contributed by atoms with Crippen LogP contribution in [0.4, 0.5) is 0 Å². The molecule has 0 saturated carbocycles. The number of rotatable bonds is 8. The van der Waals surface area contributed by atoms with Gasteiger partial charge in [0.2, 0.25) is 0 Å². The Balaban J connectivity index is 2.47. The second-order valence-electron chi connectivity index (χ2n) is 3.96. The standard InChI is InChI=1S/C14H20N2O4/c1-2-19-13(17)8-5-9-20-12-7-4-3-6-11(12)14(18)16-10-15/h3-4,6-7H,2,5,8-10,15H2,1H3,(H,16,18). The fourth-order valence-corrected chi connectivity index (χ4v) is 1.60. The molecule has 0 aliphatic heterocycles. The Bertz CT molecular complexity index is 449. The molecule has 0 unspecified atom stereocenters. The molecule has 0 radical (unpaired) electrons. The maximum atomic E-state index is 11.7. The van der Waals surface area contributed by atoms with Gasteiger partial charge in [0.1, 0.15) is 5.75 Å². The van der Waals surface area contributed by atoms with Crippen LogP contribution in [-0.4, -0.2) is 31.8 Å². The van der Waals surface area contributed by atoms with Crippen molar-refractivity contribution < 1.29 is 19.1 Å². The van der Waals surface area contributed by atoms with Gasteiger partial charge in [-0.05, 0) is 25.5 Å². The number of carbonyl (C=O) groups is 2. The molecular weight excluding hydrogens is 260 g/mol. The third-order valence-electron chi connectivity index (χ3n) is 2.48. The molecule has 0 aliphatic rings. The van der Waals surface area contributed by atoms with Crippen molar-refractivity contribution in [2.45, 2.75) is 19.8 Å². The van der Waals surface area contributed by atoms with Crippen LogP contribution in [0.15, 0.2) is 24.3 Å². The van der Waals surface area contributed by atoms with Gasteiger partial charge in [-0.15, -0.1) is 0 Å². The van der Waals surface area contributed by atoms with Gasteiger partial charge in [0.05, 0.1) is 25.4 Å². The van der Waals surface area contributed by atoms with Crippen LogP contribution in [0.2, 0.25) is 0 Å². The molecule has 1 rings (SSSR count). The number of hydrogen-bond donors (Lipinski definition) is 2. The van der Waals surface area contributed by atoms with E-state index in [1.54, 1.807) is 31.2 Å². The molecule has 1 amide bonds. The first-order valence-electron chi connectivity index (χ1n) is 6.54. The lowest BCUT2D eigenvalue weighted by molar-refractivity contribution is -0.143. The molecule has 0 saturated heterocycles. The maximum absolute atomic E-state index is 11.7. The van der Waals surface area contributed by atoms with Crippen molar-refractivity contribution in [2.75, 3.05) is 19.9 Å². The summed E-state index contributed by atoms with van der Waals surface area (Å²) in [6, 6.07) is 6.89. The van der Waals surface area contributed by atoms with Gasteiger partial charge in [-0.2, -0.15) is 0 Å². The van der Waals surface area contributed by atoms with E-state index >= 15 is 0 Å². The van der Waals surface area contributed by atoms with Gasteiger partial charge in [-0.25, -0.2) is 0 Å². The molecule has 3 N–H and O–H groups in total. The summed E-state index contributed by atoms with van der Waals surface area (Å²) in [4.78, 5) is 22.9. The monoisotopic (exact) mass is 280 g/mol. The zero-order chi connectivity index (χ0) is 14.8. The second-order valence-corrected chi connectivity index (χ2v) is 3.96. The molecule has 0 atom stereocenters. The molecule has 6 nitrogen and oxygen atoms in total. The average Bonchev–Trinajstić information content (AvgIpc) is 2.44. The van der Waals surface area contributed by atoms with Crippen molar-refractivity contribution in [2.24, 2.45) is 5.73 Å². The normalized spacial score (nSPS) is 9.90. The Morgan fingerprint density at radius 3 is 2.75 bits per heavy atom. The summed E-state index contributed by atoms with van der Waals surface area (Å²) in [5.41, 5.74) is 5.70. The van der Waals surface area contributed by atoms with Crippen molar-refractivity contribution in [1.29, 1.82) is 0 Å². The molecule has 0 fully saturated rings. The molecule has 0 bridgehead atoms. The number of nitrogens with two attached hydrogens (primary N) is 1. The minimum absolute atomic E-state index is 0.0655. The van der Waals surface area contributed by atoms with Crippen molar-refractivity contribution in [3.63, 3.8) is 0 Å². The lowest BCUT2D eigenvalue weighted by Crippen LogP contribution is -2.29. The summed E-state index contributed by atoms with van der Waals surface area (Å²) in [6.45, 7) is 2.55. The van der Waals surface area contributed by atoms with E-state index in [0.29, 0.717) is 37.4 Å². The SMILES string of the molecule is CCOC(=O)CCCOc1ccccc1C(=O)NCN. The largest absolute Gasteiger partial charge is 0.493 e. The second kappa shape index (κ2) is 8.92. The van der Waals surface area contributed by atoms with Crippen LogP contribution < -0.4 is 15.8 Å². The molecule has 0 aliphatic carbocycles. The first kappa shape index (κ1) is 16.0. The molecule has 1 aromatic carbocycles. The number of hydrogen-bond acceptors (Lipinski definition) is 5. The molecule has 20 heavy (non-hydrogen) atoms. The Morgan fingerprint density at radius 1 is 1.30 bits per heavy atom. The fourth-order valence-electron chi connectivity index (χ4n) is 1.60. The van der Waals surface area contributed by atoms with E-state index in [9.17, 15) is 9.59 Å². The van der Waals surface area contributed by atoms with Crippen LogP contribution in [0.3, 0.4) is 0 Å². The molecule has 0 heterocycles.